The van der Waals surface area contributed by atoms with Gasteiger partial charge in [0.2, 0.25) is 11.8 Å². The second-order valence-corrected chi connectivity index (χ2v) is 7.00. The van der Waals surface area contributed by atoms with Crippen molar-refractivity contribution in [3.63, 3.8) is 0 Å². The van der Waals surface area contributed by atoms with Gasteiger partial charge in [-0.1, -0.05) is 44.2 Å². The van der Waals surface area contributed by atoms with Crippen LogP contribution in [0, 0.1) is 13.8 Å². The van der Waals surface area contributed by atoms with Crippen molar-refractivity contribution in [1.82, 2.24) is 0 Å². The molecule has 26 heavy (non-hydrogen) atoms. The molecule has 2 aromatic rings. The summed E-state index contributed by atoms with van der Waals surface area (Å²) in [7, 11) is 0. The number of amides is 2. The van der Waals surface area contributed by atoms with E-state index >= 15 is 0 Å². The molecule has 4 heteroatoms. The van der Waals surface area contributed by atoms with Crippen LogP contribution >= 0.6 is 0 Å². The number of carbonyl (C=O) groups is 2. The highest BCUT2D eigenvalue weighted by Gasteiger charge is 2.18. The second kappa shape index (κ2) is 8.65. The first-order valence-electron chi connectivity index (χ1n) is 9.03. The maximum absolute atomic E-state index is 12.4. The summed E-state index contributed by atoms with van der Waals surface area (Å²) >= 11 is 0. The molecule has 0 aliphatic heterocycles. The first-order chi connectivity index (χ1) is 12.3. The van der Waals surface area contributed by atoms with E-state index in [2.05, 4.69) is 19.2 Å². The molecule has 4 nitrogen and oxygen atoms in total. The second-order valence-electron chi connectivity index (χ2n) is 7.00. The number of anilines is 2. The number of nitrogens with zero attached hydrogens (tertiary/aromatic N) is 1. The van der Waals surface area contributed by atoms with Crippen LogP contribution in [0.3, 0.4) is 0 Å². The number of carbonyl (C=O) groups excluding carboxylic acids is 2. The molecule has 0 heterocycles. The quantitative estimate of drug-likeness (QED) is 0.811. The fourth-order valence-corrected chi connectivity index (χ4v) is 2.97. The van der Waals surface area contributed by atoms with E-state index in [0.29, 0.717) is 12.5 Å². The summed E-state index contributed by atoms with van der Waals surface area (Å²) in [4.78, 5) is 26.3. The molecule has 0 unspecified atom stereocenters. The van der Waals surface area contributed by atoms with E-state index in [4.69, 9.17) is 0 Å². The zero-order valence-electron chi connectivity index (χ0n) is 16.3. The Balaban J connectivity index is 2.11. The molecule has 0 fully saturated rings. The molecule has 2 amide bonds. The molecule has 2 aromatic carbocycles. The molecule has 0 aliphatic carbocycles. The van der Waals surface area contributed by atoms with Gasteiger partial charge in [0.25, 0.3) is 0 Å². The van der Waals surface area contributed by atoms with Gasteiger partial charge in [0, 0.05) is 31.3 Å². The highest BCUT2D eigenvalue weighted by Crippen LogP contribution is 2.27. The Kier molecular flexibility index (Phi) is 6.56. The first-order valence-corrected chi connectivity index (χ1v) is 9.03. The number of rotatable bonds is 6. The van der Waals surface area contributed by atoms with Crippen LogP contribution in [0.15, 0.2) is 42.5 Å². The SMILES string of the molecule is CC(=O)N(CCC(=O)Nc1cc(C)ccc1C)c1ccccc1C(C)C. The number of para-hydroxylation sites is 1. The minimum atomic E-state index is -0.0908. The monoisotopic (exact) mass is 352 g/mol. The summed E-state index contributed by atoms with van der Waals surface area (Å²) < 4.78 is 0. The zero-order valence-corrected chi connectivity index (χ0v) is 16.3. The van der Waals surface area contributed by atoms with Crippen LogP contribution in [0.2, 0.25) is 0 Å². The molecule has 138 valence electrons. The van der Waals surface area contributed by atoms with Crippen LogP contribution < -0.4 is 10.2 Å². The van der Waals surface area contributed by atoms with E-state index < -0.39 is 0 Å². The lowest BCUT2D eigenvalue weighted by atomic mass is 10.0. The largest absolute Gasteiger partial charge is 0.326 e. The number of nitrogens with one attached hydrogen (secondary N) is 1. The van der Waals surface area contributed by atoms with Gasteiger partial charge in [-0.25, -0.2) is 0 Å². The third kappa shape index (κ3) is 4.94. The van der Waals surface area contributed by atoms with Crippen molar-refractivity contribution in [1.29, 1.82) is 0 Å². The van der Waals surface area contributed by atoms with Crippen molar-refractivity contribution < 1.29 is 9.59 Å². The number of hydrogen-bond acceptors (Lipinski definition) is 2. The minimum Gasteiger partial charge on any atom is -0.326 e. The van der Waals surface area contributed by atoms with E-state index in [1.165, 1.54) is 0 Å². The van der Waals surface area contributed by atoms with E-state index in [0.717, 1.165) is 28.1 Å². The predicted molar refractivity (Wildman–Crippen MR) is 108 cm³/mol. The van der Waals surface area contributed by atoms with Gasteiger partial charge in [0.1, 0.15) is 0 Å². The van der Waals surface area contributed by atoms with Crippen molar-refractivity contribution in [2.45, 2.75) is 47.0 Å². The highest BCUT2D eigenvalue weighted by molar-refractivity contribution is 5.95. The normalized spacial score (nSPS) is 10.7. The third-order valence-corrected chi connectivity index (χ3v) is 4.46. The Morgan fingerprint density at radius 1 is 1.08 bits per heavy atom. The van der Waals surface area contributed by atoms with Crippen molar-refractivity contribution in [2.24, 2.45) is 0 Å². The van der Waals surface area contributed by atoms with Gasteiger partial charge in [0.15, 0.2) is 0 Å². The minimum absolute atomic E-state index is 0.0577. The molecule has 0 atom stereocenters. The summed E-state index contributed by atoms with van der Waals surface area (Å²) in [6, 6.07) is 13.9. The molecule has 0 spiro atoms. The maximum atomic E-state index is 12.4. The number of aryl methyl sites for hydroxylation is 2. The highest BCUT2D eigenvalue weighted by atomic mass is 16.2. The molecular formula is C22H28N2O2. The molecule has 0 aromatic heterocycles. The molecule has 0 radical (unpaired) electrons. The van der Waals surface area contributed by atoms with Gasteiger partial charge in [-0.15, -0.1) is 0 Å². The van der Waals surface area contributed by atoms with Crippen molar-refractivity contribution in [2.75, 3.05) is 16.8 Å². The van der Waals surface area contributed by atoms with Gasteiger partial charge in [0.05, 0.1) is 0 Å². The Morgan fingerprint density at radius 2 is 1.77 bits per heavy atom. The number of hydrogen-bond donors (Lipinski definition) is 1. The standard InChI is InChI=1S/C22H28N2O2/c1-15(2)19-8-6-7-9-21(19)24(18(5)25)13-12-22(26)23-20-14-16(3)10-11-17(20)4/h6-11,14-15H,12-13H2,1-5H3,(H,23,26). The fourth-order valence-electron chi connectivity index (χ4n) is 2.97. The first kappa shape index (κ1) is 19.7. The van der Waals surface area contributed by atoms with Crippen molar-refractivity contribution in [3.05, 3.63) is 59.2 Å². The lowest BCUT2D eigenvalue weighted by Gasteiger charge is -2.25. The van der Waals surface area contributed by atoms with E-state index in [-0.39, 0.29) is 18.2 Å². The molecule has 0 saturated carbocycles. The molecule has 0 aliphatic rings. The Morgan fingerprint density at radius 3 is 2.42 bits per heavy atom. The lowest BCUT2D eigenvalue weighted by molar-refractivity contribution is -0.117. The van der Waals surface area contributed by atoms with E-state index in [1.54, 1.807) is 11.8 Å². The Bertz CT molecular complexity index is 796. The van der Waals surface area contributed by atoms with Gasteiger partial charge in [-0.05, 0) is 48.6 Å². The summed E-state index contributed by atoms with van der Waals surface area (Å²) in [6.45, 7) is 10.1. The van der Waals surface area contributed by atoms with Crippen LogP contribution in [-0.2, 0) is 9.59 Å². The number of benzene rings is 2. The average molecular weight is 352 g/mol. The summed E-state index contributed by atoms with van der Waals surface area (Å²) in [5.41, 5.74) is 4.94. The molecule has 2 rings (SSSR count). The van der Waals surface area contributed by atoms with Gasteiger partial charge >= 0.3 is 0 Å². The Labute approximate surface area is 156 Å². The predicted octanol–water partition coefficient (Wildman–Crippen LogP) is 4.81. The average Bonchev–Trinajstić information content (AvgIpc) is 2.58. The maximum Gasteiger partial charge on any atom is 0.226 e. The third-order valence-electron chi connectivity index (χ3n) is 4.46. The fraction of sp³-hybridized carbons (Fsp3) is 0.364. The summed E-state index contributed by atoms with van der Waals surface area (Å²) in [5, 5.41) is 2.96. The van der Waals surface area contributed by atoms with Crippen LogP contribution in [-0.4, -0.2) is 18.4 Å². The molecule has 1 N–H and O–H groups in total. The van der Waals surface area contributed by atoms with Crippen LogP contribution in [0.4, 0.5) is 11.4 Å². The zero-order chi connectivity index (χ0) is 19.3. The van der Waals surface area contributed by atoms with Crippen LogP contribution in [0.5, 0.6) is 0 Å². The van der Waals surface area contributed by atoms with Gasteiger partial charge in [-0.2, -0.15) is 0 Å². The van der Waals surface area contributed by atoms with Gasteiger partial charge in [-0.3, -0.25) is 9.59 Å². The summed E-state index contributed by atoms with van der Waals surface area (Å²) in [6.07, 6.45) is 0.249. The molecular weight excluding hydrogens is 324 g/mol. The van der Waals surface area contributed by atoms with Gasteiger partial charge < -0.3 is 10.2 Å². The summed E-state index contributed by atoms with van der Waals surface area (Å²) in [5.74, 6) is 0.154. The molecule has 0 saturated heterocycles. The lowest BCUT2D eigenvalue weighted by Crippen LogP contribution is -2.32. The van der Waals surface area contributed by atoms with Crippen molar-refractivity contribution >= 4 is 23.2 Å². The van der Waals surface area contributed by atoms with Crippen LogP contribution in [0.1, 0.15) is 49.8 Å². The molecule has 0 bridgehead atoms. The van der Waals surface area contributed by atoms with E-state index in [1.807, 2.05) is 56.3 Å². The topological polar surface area (TPSA) is 49.4 Å². The van der Waals surface area contributed by atoms with Crippen LogP contribution in [0.25, 0.3) is 0 Å². The van der Waals surface area contributed by atoms with E-state index in [9.17, 15) is 9.59 Å². The van der Waals surface area contributed by atoms with Crippen molar-refractivity contribution in [3.8, 4) is 0 Å². The smallest absolute Gasteiger partial charge is 0.226 e. The Hall–Kier alpha value is -2.62.